The molecule has 0 radical (unpaired) electrons. The fourth-order valence-electron chi connectivity index (χ4n) is 1.49. The standard InChI is InChI=1S/C13H27N3/c1-13(2,12-14)8-6-7-9-16(5)11-10-15(3)4/h6-11H2,1-5H3. The Morgan fingerprint density at radius 3 is 2.12 bits per heavy atom. The van der Waals surface area contributed by atoms with Crippen LogP contribution in [-0.4, -0.2) is 50.6 Å². The van der Waals surface area contributed by atoms with Gasteiger partial charge in [-0.05, 0) is 54.4 Å². The van der Waals surface area contributed by atoms with E-state index < -0.39 is 0 Å². The van der Waals surface area contributed by atoms with Crippen LogP contribution in [0.1, 0.15) is 33.1 Å². The van der Waals surface area contributed by atoms with E-state index in [0.29, 0.717) is 0 Å². The number of rotatable bonds is 8. The van der Waals surface area contributed by atoms with Crippen LogP contribution in [0.25, 0.3) is 0 Å². The topological polar surface area (TPSA) is 30.3 Å². The Labute approximate surface area is 101 Å². The van der Waals surface area contributed by atoms with Gasteiger partial charge in [-0.2, -0.15) is 5.26 Å². The van der Waals surface area contributed by atoms with Crippen LogP contribution in [0.5, 0.6) is 0 Å². The second kappa shape index (κ2) is 7.65. The molecule has 0 fully saturated rings. The summed E-state index contributed by atoms with van der Waals surface area (Å²) in [6.07, 6.45) is 3.34. The third kappa shape index (κ3) is 8.70. The molecule has 3 nitrogen and oxygen atoms in total. The van der Waals surface area contributed by atoms with Crippen LogP contribution in [0.4, 0.5) is 0 Å². The van der Waals surface area contributed by atoms with Gasteiger partial charge < -0.3 is 9.80 Å². The van der Waals surface area contributed by atoms with E-state index in [1.54, 1.807) is 0 Å². The molecule has 0 aliphatic heterocycles. The molecule has 0 heterocycles. The molecule has 0 aliphatic carbocycles. The van der Waals surface area contributed by atoms with Crippen molar-refractivity contribution in [1.29, 1.82) is 5.26 Å². The van der Waals surface area contributed by atoms with Crippen molar-refractivity contribution in [3.63, 3.8) is 0 Å². The van der Waals surface area contributed by atoms with Crippen molar-refractivity contribution in [2.24, 2.45) is 5.41 Å². The molecule has 0 amide bonds. The van der Waals surface area contributed by atoms with Gasteiger partial charge in [0.15, 0.2) is 0 Å². The lowest BCUT2D eigenvalue weighted by Gasteiger charge is -2.20. The molecule has 0 N–H and O–H groups in total. The fraction of sp³-hybridized carbons (Fsp3) is 0.923. The number of hydrogen-bond acceptors (Lipinski definition) is 3. The molecule has 0 saturated heterocycles. The molecule has 0 aromatic rings. The molecule has 0 unspecified atom stereocenters. The van der Waals surface area contributed by atoms with E-state index in [1.807, 2.05) is 13.8 Å². The van der Waals surface area contributed by atoms with Crippen molar-refractivity contribution in [2.45, 2.75) is 33.1 Å². The number of unbranched alkanes of at least 4 members (excludes halogenated alkanes) is 1. The van der Waals surface area contributed by atoms with Crippen molar-refractivity contribution >= 4 is 0 Å². The summed E-state index contributed by atoms with van der Waals surface area (Å²) < 4.78 is 0. The normalized spacial score (nSPS) is 12.1. The lowest BCUT2D eigenvalue weighted by Crippen LogP contribution is -2.29. The Morgan fingerprint density at radius 1 is 1.00 bits per heavy atom. The molecule has 0 rings (SSSR count). The highest BCUT2D eigenvalue weighted by Gasteiger charge is 2.15. The lowest BCUT2D eigenvalue weighted by atomic mass is 9.89. The van der Waals surface area contributed by atoms with Gasteiger partial charge in [-0.3, -0.25) is 0 Å². The number of hydrogen-bond donors (Lipinski definition) is 0. The maximum absolute atomic E-state index is 8.88. The zero-order valence-electron chi connectivity index (χ0n) is 11.6. The van der Waals surface area contributed by atoms with Gasteiger partial charge >= 0.3 is 0 Å². The van der Waals surface area contributed by atoms with E-state index in [-0.39, 0.29) is 5.41 Å². The van der Waals surface area contributed by atoms with Crippen LogP contribution >= 0.6 is 0 Å². The fourth-order valence-corrected chi connectivity index (χ4v) is 1.49. The molecule has 0 aromatic heterocycles. The third-order valence-electron chi connectivity index (χ3n) is 2.82. The second-order valence-electron chi connectivity index (χ2n) is 5.56. The average Bonchev–Trinajstić information content (AvgIpc) is 2.21. The Bertz CT molecular complexity index is 216. The van der Waals surface area contributed by atoms with Gasteiger partial charge in [0, 0.05) is 13.1 Å². The van der Waals surface area contributed by atoms with Crippen LogP contribution in [0.3, 0.4) is 0 Å². The Kier molecular flexibility index (Phi) is 7.36. The van der Waals surface area contributed by atoms with Gasteiger partial charge in [0.1, 0.15) is 0 Å². The number of nitrogens with zero attached hydrogens (tertiary/aromatic N) is 3. The summed E-state index contributed by atoms with van der Waals surface area (Å²) in [5.41, 5.74) is -0.151. The highest BCUT2D eigenvalue weighted by Crippen LogP contribution is 2.21. The maximum atomic E-state index is 8.88. The quantitative estimate of drug-likeness (QED) is 0.593. The summed E-state index contributed by atoms with van der Waals surface area (Å²) >= 11 is 0. The van der Waals surface area contributed by atoms with Crippen LogP contribution in [0.2, 0.25) is 0 Å². The highest BCUT2D eigenvalue weighted by molar-refractivity contribution is 4.91. The molecule has 94 valence electrons. The van der Waals surface area contributed by atoms with Crippen LogP contribution in [0, 0.1) is 16.7 Å². The summed E-state index contributed by atoms with van der Waals surface area (Å²) in [7, 11) is 6.37. The largest absolute Gasteiger partial charge is 0.308 e. The monoisotopic (exact) mass is 225 g/mol. The molecule has 0 atom stereocenters. The van der Waals surface area contributed by atoms with Gasteiger partial charge in [0.2, 0.25) is 0 Å². The molecule has 3 heteroatoms. The first-order valence-corrected chi connectivity index (χ1v) is 6.12. The predicted molar refractivity (Wildman–Crippen MR) is 69.3 cm³/mol. The zero-order chi connectivity index (χ0) is 12.6. The van der Waals surface area contributed by atoms with E-state index >= 15 is 0 Å². The van der Waals surface area contributed by atoms with Crippen molar-refractivity contribution in [2.75, 3.05) is 40.8 Å². The lowest BCUT2D eigenvalue weighted by molar-refractivity contribution is 0.273. The van der Waals surface area contributed by atoms with Crippen LogP contribution < -0.4 is 0 Å². The van der Waals surface area contributed by atoms with Crippen molar-refractivity contribution in [1.82, 2.24) is 9.80 Å². The predicted octanol–water partition coefficient (Wildman–Crippen LogP) is 2.20. The Balaban J connectivity index is 3.49. The molecule has 0 saturated carbocycles. The van der Waals surface area contributed by atoms with Crippen LogP contribution in [-0.2, 0) is 0 Å². The minimum Gasteiger partial charge on any atom is -0.308 e. The average molecular weight is 225 g/mol. The highest BCUT2D eigenvalue weighted by atomic mass is 15.1. The molecule has 16 heavy (non-hydrogen) atoms. The van der Waals surface area contributed by atoms with Gasteiger partial charge in [-0.1, -0.05) is 6.42 Å². The van der Waals surface area contributed by atoms with Gasteiger partial charge in [0.05, 0.1) is 11.5 Å². The first-order chi connectivity index (χ1) is 7.37. The minimum atomic E-state index is -0.151. The molecule has 0 aromatic carbocycles. The van der Waals surface area contributed by atoms with Crippen molar-refractivity contribution in [3.05, 3.63) is 0 Å². The van der Waals surface area contributed by atoms with Gasteiger partial charge in [-0.25, -0.2) is 0 Å². The Morgan fingerprint density at radius 2 is 1.62 bits per heavy atom. The van der Waals surface area contributed by atoms with E-state index in [9.17, 15) is 0 Å². The first kappa shape index (κ1) is 15.4. The molecular formula is C13H27N3. The number of nitriles is 1. The van der Waals surface area contributed by atoms with Crippen LogP contribution in [0.15, 0.2) is 0 Å². The van der Waals surface area contributed by atoms with Crippen molar-refractivity contribution < 1.29 is 0 Å². The summed E-state index contributed by atoms with van der Waals surface area (Å²) in [6.45, 7) is 7.40. The summed E-state index contributed by atoms with van der Waals surface area (Å²) in [5, 5.41) is 8.88. The zero-order valence-corrected chi connectivity index (χ0v) is 11.6. The van der Waals surface area contributed by atoms with Gasteiger partial charge in [-0.15, -0.1) is 0 Å². The van der Waals surface area contributed by atoms with E-state index in [2.05, 4.69) is 37.0 Å². The second-order valence-corrected chi connectivity index (χ2v) is 5.56. The molecule has 0 spiro atoms. The van der Waals surface area contributed by atoms with E-state index in [1.165, 1.54) is 6.42 Å². The van der Waals surface area contributed by atoms with E-state index in [0.717, 1.165) is 32.5 Å². The first-order valence-electron chi connectivity index (χ1n) is 6.12. The molecule has 0 aliphatic rings. The minimum absolute atomic E-state index is 0.151. The maximum Gasteiger partial charge on any atom is 0.0683 e. The van der Waals surface area contributed by atoms with Gasteiger partial charge in [0.25, 0.3) is 0 Å². The Hall–Kier alpha value is -0.590. The summed E-state index contributed by atoms with van der Waals surface area (Å²) in [6, 6.07) is 2.35. The molecule has 0 bridgehead atoms. The summed E-state index contributed by atoms with van der Waals surface area (Å²) in [4.78, 5) is 4.56. The number of likely N-dealkylation sites (N-methyl/N-ethyl adjacent to an activating group) is 2. The summed E-state index contributed by atoms with van der Waals surface area (Å²) in [5.74, 6) is 0. The SMILES string of the molecule is CN(C)CCN(C)CCCCC(C)(C)C#N. The van der Waals surface area contributed by atoms with Crippen molar-refractivity contribution in [3.8, 4) is 6.07 Å². The van der Waals surface area contributed by atoms with E-state index in [4.69, 9.17) is 5.26 Å². The smallest absolute Gasteiger partial charge is 0.0683 e. The molecular weight excluding hydrogens is 198 g/mol. The third-order valence-corrected chi connectivity index (χ3v) is 2.82.